The van der Waals surface area contributed by atoms with Crippen molar-refractivity contribution >= 4 is 17.5 Å². The molecule has 4 nitrogen and oxygen atoms in total. The van der Waals surface area contributed by atoms with Gasteiger partial charge in [-0.3, -0.25) is 4.79 Å². The number of amides is 1. The monoisotopic (exact) mass is 368 g/mol. The fourth-order valence-corrected chi connectivity index (χ4v) is 2.44. The summed E-state index contributed by atoms with van der Waals surface area (Å²) in [5.74, 6) is -1.52. The second-order valence-corrected chi connectivity index (χ2v) is 5.93. The van der Waals surface area contributed by atoms with Crippen molar-refractivity contribution in [3.63, 3.8) is 0 Å². The molecule has 0 radical (unpaired) electrons. The van der Waals surface area contributed by atoms with Crippen LogP contribution in [0.5, 0.6) is 5.75 Å². The maximum absolute atomic E-state index is 13.8. The lowest BCUT2D eigenvalue weighted by atomic mass is 10.1. The topological polar surface area (TPSA) is 64.3 Å². The van der Waals surface area contributed by atoms with E-state index in [0.717, 1.165) is 12.1 Å². The molecule has 134 valence electrons. The van der Waals surface area contributed by atoms with E-state index >= 15 is 0 Å². The van der Waals surface area contributed by atoms with Crippen LogP contribution in [0.15, 0.2) is 36.4 Å². The fraction of sp³-hybridized carbons (Fsp3) is 0.278. The first kappa shape index (κ1) is 19.1. The van der Waals surface area contributed by atoms with Crippen molar-refractivity contribution in [2.45, 2.75) is 19.4 Å². The number of halogens is 3. The molecule has 2 aromatic rings. The lowest BCUT2D eigenvalue weighted by Gasteiger charge is -2.17. The lowest BCUT2D eigenvalue weighted by molar-refractivity contribution is 0.0935. The summed E-state index contributed by atoms with van der Waals surface area (Å²) >= 11 is 5.95. The molecule has 1 atom stereocenters. The minimum Gasteiger partial charge on any atom is -0.493 e. The Labute approximate surface area is 149 Å². The second-order valence-electron chi connectivity index (χ2n) is 5.49. The standard InChI is InChI=1S/C18H19ClF2N2O2/c1-11(14-6-4-13(20)10-16(14)21)23-18(24)15-5-3-12(19)9-17(15)25-8-2-7-22/h3-6,9-11H,2,7-8,22H2,1H3,(H,23,24). The van der Waals surface area contributed by atoms with Gasteiger partial charge < -0.3 is 15.8 Å². The molecular formula is C18H19ClF2N2O2. The van der Waals surface area contributed by atoms with E-state index in [1.54, 1.807) is 13.0 Å². The normalized spacial score (nSPS) is 11.9. The van der Waals surface area contributed by atoms with Crippen molar-refractivity contribution in [3.8, 4) is 5.75 Å². The van der Waals surface area contributed by atoms with Gasteiger partial charge in [0.05, 0.1) is 18.2 Å². The molecule has 0 heterocycles. The molecule has 0 fully saturated rings. The van der Waals surface area contributed by atoms with Crippen molar-refractivity contribution in [1.82, 2.24) is 5.32 Å². The SMILES string of the molecule is CC(NC(=O)c1ccc(Cl)cc1OCCCN)c1ccc(F)cc1F. The van der Waals surface area contributed by atoms with Crippen molar-refractivity contribution < 1.29 is 18.3 Å². The van der Waals surface area contributed by atoms with Gasteiger partial charge in [0.15, 0.2) is 0 Å². The highest BCUT2D eigenvalue weighted by Crippen LogP contribution is 2.25. The molecule has 7 heteroatoms. The Bertz CT molecular complexity index is 756. The van der Waals surface area contributed by atoms with Crippen LogP contribution >= 0.6 is 11.6 Å². The van der Waals surface area contributed by atoms with Crippen LogP contribution < -0.4 is 15.8 Å². The van der Waals surface area contributed by atoms with E-state index in [0.29, 0.717) is 30.3 Å². The van der Waals surface area contributed by atoms with Crippen molar-refractivity contribution in [1.29, 1.82) is 0 Å². The predicted molar refractivity (Wildman–Crippen MR) is 92.9 cm³/mol. The van der Waals surface area contributed by atoms with Crippen LogP contribution in [0.1, 0.15) is 35.3 Å². The zero-order chi connectivity index (χ0) is 18.4. The largest absolute Gasteiger partial charge is 0.493 e. The van der Waals surface area contributed by atoms with E-state index in [4.69, 9.17) is 22.1 Å². The Morgan fingerprint density at radius 1 is 1.28 bits per heavy atom. The Kier molecular flexibility index (Phi) is 6.73. The summed E-state index contributed by atoms with van der Waals surface area (Å²) in [6, 6.07) is 7.21. The highest BCUT2D eigenvalue weighted by Gasteiger charge is 2.18. The molecule has 0 bridgehead atoms. The number of ether oxygens (including phenoxy) is 1. The molecule has 0 aliphatic carbocycles. The molecule has 0 aliphatic heterocycles. The molecule has 0 spiro atoms. The van der Waals surface area contributed by atoms with Crippen LogP contribution in [0.25, 0.3) is 0 Å². The van der Waals surface area contributed by atoms with Gasteiger partial charge in [0.25, 0.3) is 5.91 Å². The highest BCUT2D eigenvalue weighted by atomic mass is 35.5. The molecule has 2 rings (SSSR count). The third-order valence-electron chi connectivity index (χ3n) is 3.57. The number of hydrogen-bond acceptors (Lipinski definition) is 3. The fourth-order valence-electron chi connectivity index (χ4n) is 2.27. The molecule has 3 N–H and O–H groups in total. The van der Waals surface area contributed by atoms with Gasteiger partial charge in [-0.15, -0.1) is 0 Å². The molecule has 0 saturated heterocycles. The van der Waals surface area contributed by atoms with E-state index in [1.807, 2.05) is 0 Å². The number of carbonyl (C=O) groups excluding carboxylic acids is 1. The van der Waals surface area contributed by atoms with Gasteiger partial charge in [-0.25, -0.2) is 8.78 Å². The van der Waals surface area contributed by atoms with Gasteiger partial charge in [-0.05, 0) is 44.2 Å². The number of benzene rings is 2. The minimum atomic E-state index is -0.719. The first-order valence-electron chi connectivity index (χ1n) is 7.80. The van der Waals surface area contributed by atoms with Gasteiger partial charge in [-0.1, -0.05) is 17.7 Å². The summed E-state index contributed by atoms with van der Waals surface area (Å²) in [6.07, 6.45) is 0.630. The summed E-state index contributed by atoms with van der Waals surface area (Å²) in [5, 5.41) is 3.10. The number of carbonyl (C=O) groups is 1. The number of nitrogens with one attached hydrogen (secondary N) is 1. The molecule has 1 amide bonds. The van der Waals surface area contributed by atoms with Crippen LogP contribution in [-0.4, -0.2) is 19.1 Å². The van der Waals surface area contributed by atoms with Crippen LogP contribution in [-0.2, 0) is 0 Å². The van der Waals surface area contributed by atoms with Crippen molar-refractivity contribution in [3.05, 3.63) is 64.2 Å². The van der Waals surface area contributed by atoms with E-state index in [-0.39, 0.29) is 11.1 Å². The minimum absolute atomic E-state index is 0.189. The van der Waals surface area contributed by atoms with Crippen molar-refractivity contribution in [2.24, 2.45) is 5.73 Å². The van der Waals surface area contributed by atoms with Crippen LogP contribution in [0.4, 0.5) is 8.78 Å². The first-order valence-corrected chi connectivity index (χ1v) is 8.18. The maximum Gasteiger partial charge on any atom is 0.255 e. The number of rotatable bonds is 7. The average molecular weight is 369 g/mol. The molecule has 0 saturated carbocycles. The highest BCUT2D eigenvalue weighted by molar-refractivity contribution is 6.30. The van der Waals surface area contributed by atoms with Gasteiger partial charge in [-0.2, -0.15) is 0 Å². The number of nitrogens with two attached hydrogens (primary N) is 1. The Balaban J connectivity index is 2.16. The molecule has 1 unspecified atom stereocenters. The van der Waals surface area contributed by atoms with E-state index in [1.165, 1.54) is 18.2 Å². The number of hydrogen-bond donors (Lipinski definition) is 2. The third kappa shape index (κ3) is 5.14. The first-order chi connectivity index (χ1) is 11.9. The summed E-state index contributed by atoms with van der Waals surface area (Å²) in [4.78, 5) is 12.5. The van der Waals surface area contributed by atoms with Gasteiger partial charge in [0.1, 0.15) is 17.4 Å². The molecule has 0 aromatic heterocycles. The van der Waals surface area contributed by atoms with Gasteiger partial charge in [0, 0.05) is 16.7 Å². The van der Waals surface area contributed by atoms with Crippen LogP contribution in [0.2, 0.25) is 5.02 Å². The van der Waals surface area contributed by atoms with Crippen LogP contribution in [0, 0.1) is 11.6 Å². The summed E-state index contributed by atoms with van der Waals surface area (Å²) in [6.45, 7) is 2.42. The van der Waals surface area contributed by atoms with Gasteiger partial charge >= 0.3 is 0 Å². The van der Waals surface area contributed by atoms with Crippen LogP contribution in [0.3, 0.4) is 0 Å². The Morgan fingerprint density at radius 2 is 2.04 bits per heavy atom. The molecule has 0 aliphatic rings. The third-order valence-corrected chi connectivity index (χ3v) is 3.81. The second kappa shape index (κ2) is 8.78. The zero-order valence-electron chi connectivity index (χ0n) is 13.7. The summed E-state index contributed by atoms with van der Waals surface area (Å²) in [7, 11) is 0. The molecule has 2 aromatic carbocycles. The maximum atomic E-state index is 13.8. The molecular weight excluding hydrogens is 350 g/mol. The smallest absolute Gasteiger partial charge is 0.255 e. The Morgan fingerprint density at radius 3 is 2.72 bits per heavy atom. The van der Waals surface area contributed by atoms with Crippen molar-refractivity contribution in [2.75, 3.05) is 13.2 Å². The van der Waals surface area contributed by atoms with E-state index in [2.05, 4.69) is 5.32 Å². The summed E-state index contributed by atoms with van der Waals surface area (Å²) < 4.78 is 32.4. The quantitative estimate of drug-likeness (QED) is 0.730. The Hall–Kier alpha value is -2.18. The predicted octanol–water partition coefficient (Wildman–Crippen LogP) is 3.84. The lowest BCUT2D eigenvalue weighted by Crippen LogP contribution is -2.27. The van der Waals surface area contributed by atoms with E-state index < -0.39 is 23.6 Å². The van der Waals surface area contributed by atoms with E-state index in [9.17, 15) is 13.6 Å². The molecule has 25 heavy (non-hydrogen) atoms. The van der Waals surface area contributed by atoms with Gasteiger partial charge in [0.2, 0.25) is 0 Å². The zero-order valence-corrected chi connectivity index (χ0v) is 14.4. The average Bonchev–Trinajstić information content (AvgIpc) is 2.54. The summed E-state index contributed by atoms with van der Waals surface area (Å²) in [5.41, 5.74) is 5.89.